The minimum absolute atomic E-state index is 1.20. The Morgan fingerprint density at radius 3 is 1.24 bits per heavy atom. The number of benzene rings is 5. The first kappa shape index (κ1) is 25.1. The zero-order valence-corrected chi connectivity index (χ0v) is 24.9. The Bertz CT molecular complexity index is 1700. The third kappa shape index (κ3) is 3.92. The summed E-state index contributed by atoms with van der Waals surface area (Å²) in [5.74, 6) is 0. The summed E-state index contributed by atoms with van der Waals surface area (Å²) in [7, 11) is 0. The van der Waals surface area contributed by atoms with E-state index in [0.29, 0.717) is 0 Å². The van der Waals surface area contributed by atoms with Crippen molar-refractivity contribution in [2.45, 2.75) is 64.7 Å². The van der Waals surface area contributed by atoms with Gasteiger partial charge in [-0.15, -0.1) is 0 Å². The lowest BCUT2D eigenvalue weighted by Crippen LogP contribution is -2.46. The van der Waals surface area contributed by atoms with Crippen molar-refractivity contribution in [3.8, 4) is 22.3 Å². The van der Waals surface area contributed by atoms with E-state index in [0.717, 1.165) is 0 Å². The molecule has 0 radical (unpaired) electrons. The number of quaternary nitrogens is 2. The standard InChI is InChI=1S/C40H42N2/c1-7-19-41(20-8-1)25-33-23-31-11-3-5-13-35(31)39(37(33)27-41)29-15-17-30(18-16-29)40-36-14-6-4-12-32(36)24-34-26-42(28-38(34)40)21-9-2-10-22-42/h3-6,11-18,23-24H,1-2,7-10,19-22,25-28H2/q+2. The molecule has 9 rings (SSSR count). The minimum atomic E-state index is 1.20. The van der Waals surface area contributed by atoms with Crippen LogP contribution in [0.3, 0.4) is 0 Å². The smallest absolute Gasteiger partial charge is 0.106 e. The molecule has 4 heterocycles. The van der Waals surface area contributed by atoms with Crippen molar-refractivity contribution in [1.29, 1.82) is 0 Å². The van der Waals surface area contributed by atoms with Crippen LogP contribution in [-0.2, 0) is 26.2 Å². The maximum atomic E-state index is 2.52. The highest BCUT2D eigenvalue weighted by molar-refractivity contribution is 6.01. The fourth-order valence-electron chi connectivity index (χ4n) is 9.51. The molecule has 2 saturated heterocycles. The quantitative estimate of drug-likeness (QED) is 0.192. The zero-order valence-electron chi connectivity index (χ0n) is 24.9. The number of fused-ring (bicyclic) bond motifs is 4. The highest BCUT2D eigenvalue weighted by Crippen LogP contribution is 2.46. The number of hydrogen-bond donors (Lipinski definition) is 0. The SMILES string of the molecule is c1ccc2c(-c3ccc(-c4c5c(cc6ccccc46)C[N+]4(CCCCC4)C5)cc3)c3c(cc2c1)C[N+]1(CCCCC1)C3. The second kappa shape index (κ2) is 9.53. The van der Waals surface area contributed by atoms with Crippen molar-refractivity contribution < 1.29 is 8.97 Å². The Morgan fingerprint density at radius 1 is 0.405 bits per heavy atom. The van der Waals surface area contributed by atoms with Gasteiger partial charge in [0.2, 0.25) is 0 Å². The average Bonchev–Trinajstić information content (AvgIpc) is 3.55. The van der Waals surface area contributed by atoms with E-state index in [-0.39, 0.29) is 0 Å². The van der Waals surface area contributed by atoms with Crippen molar-refractivity contribution in [2.24, 2.45) is 0 Å². The molecule has 0 aromatic heterocycles. The van der Waals surface area contributed by atoms with E-state index >= 15 is 0 Å². The topological polar surface area (TPSA) is 0 Å². The first-order valence-corrected chi connectivity index (χ1v) is 16.6. The summed E-state index contributed by atoms with van der Waals surface area (Å²) in [5, 5.41) is 5.64. The molecule has 42 heavy (non-hydrogen) atoms. The molecular weight excluding hydrogens is 508 g/mol. The number of piperidine rings is 2. The molecule has 0 aliphatic carbocycles. The van der Waals surface area contributed by atoms with Gasteiger partial charge in [0.1, 0.15) is 26.2 Å². The van der Waals surface area contributed by atoms with Gasteiger partial charge in [0, 0.05) is 22.3 Å². The van der Waals surface area contributed by atoms with Crippen LogP contribution in [0.25, 0.3) is 43.8 Å². The average molecular weight is 551 g/mol. The maximum Gasteiger partial charge on any atom is 0.106 e. The summed E-state index contributed by atoms with van der Waals surface area (Å²) in [5.41, 5.74) is 12.2. The lowest BCUT2D eigenvalue weighted by molar-refractivity contribution is -0.951. The molecular formula is C40H42N2+2. The van der Waals surface area contributed by atoms with Gasteiger partial charge < -0.3 is 8.97 Å². The highest BCUT2D eigenvalue weighted by Gasteiger charge is 2.40. The molecule has 2 heteroatoms. The predicted molar refractivity (Wildman–Crippen MR) is 175 cm³/mol. The van der Waals surface area contributed by atoms with Gasteiger partial charge in [-0.2, -0.15) is 0 Å². The molecule has 0 amide bonds. The van der Waals surface area contributed by atoms with E-state index in [9.17, 15) is 0 Å². The van der Waals surface area contributed by atoms with Crippen LogP contribution in [0.1, 0.15) is 60.8 Å². The van der Waals surface area contributed by atoms with Crippen LogP contribution >= 0.6 is 0 Å². The third-order valence-corrected chi connectivity index (χ3v) is 11.5. The largest absolute Gasteiger partial charge is 0.316 e. The number of nitrogens with zero attached hydrogens (tertiary/aromatic N) is 2. The van der Waals surface area contributed by atoms with Gasteiger partial charge in [0.15, 0.2) is 0 Å². The van der Waals surface area contributed by atoms with Gasteiger partial charge in [0.25, 0.3) is 0 Å². The minimum Gasteiger partial charge on any atom is -0.316 e. The molecule has 0 bridgehead atoms. The van der Waals surface area contributed by atoms with Crippen molar-refractivity contribution in [3.05, 3.63) is 107 Å². The molecule has 5 aromatic rings. The fraction of sp³-hybridized carbons (Fsp3) is 0.350. The highest BCUT2D eigenvalue weighted by atomic mass is 15.4. The molecule has 0 atom stereocenters. The summed E-state index contributed by atoms with van der Waals surface area (Å²) in [4.78, 5) is 0. The van der Waals surface area contributed by atoms with Gasteiger partial charge >= 0.3 is 0 Å². The van der Waals surface area contributed by atoms with E-state index < -0.39 is 0 Å². The van der Waals surface area contributed by atoms with E-state index in [1.165, 1.54) is 144 Å². The Labute approximate surface area is 250 Å². The summed E-state index contributed by atoms with van der Waals surface area (Å²) in [6.07, 6.45) is 8.34. The van der Waals surface area contributed by atoms with Gasteiger partial charge in [-0.25, -0.2) is 0 Å². The van der Waals surface area contributed by atoms with Gasteiger partial charge in [0.05, 0.1) is 26.2 Å². The zero-order chi connectivity index (χ0) is 27.7. The molecule has 2 fully saturated rings. The number of rotatable bonds is 2. The molecule has 5 aromatic carbocycles. The van der Waals surface area contributed by atoms with Crippen LogP contribution in [0.2, 0.25) is 0 Å². The second-order valence-corrected chi connectivity index (χ2v) is 14.1. The molecule has 0 unspecified atom stereocenters. The van der Waals surface area contributed by atoms with Crippen molar-refractivity contribution in [3.63, 3.8) is 0 Å². The van der Waals surface area contributed by atoms with Crippen molar-refractivity contribution in [2.75, 3.05) is 26.2 Å². The summed E-state index contributed by atoms with van der Waals surface area (Å²) >= 11 is 0. The van der Waals surface area contributed by atoms with E-state index in [1.54, 1.807) is 22.3 Å². The van der Waals surface area contributed by atoms with Crippen LogP contribution in [0.15, 0.2) is 84.9 Å². The Morgan fingerprint density at radius 2 is 0.810 bits per heavy atom. The van der Waals surface area contributed by atoms with Gasteiger partial charge in [-0.05, 0) is 94.5 Å². The lowest BCUT2D eigenvalue weighted by atomic mass is 9.88. The van der Waals surface area contributed by atoms with Gasteiger partial charge in [-0.3, -0.25) is 0 Å². The van der Waals surface area contributed by atoms with Crippen LogP contribution in [0, 0.1) is 0 Å². The predicted octanol–water partition coefficient (Wildman–Crippen LogP) is 9.36. The molecule has 2 spiro atoms. The maximum absolute atomic E-state index is 2.52. The fourth-order valence-corrected chi connectivity index (χ4v) is 9.51. The van der Waals surface area contributed by atoms with E-state index in [2.05, 4.69) is 84.9 Å². The summed E-state index contributed by atoms with van der Waals surface area (Å²) in [6, 6.07) is 33.1. The first-order valence-electron chi connectivity index (χ1n) is 16.6. The van der Waals surface area contributed by atoms with Crippen LogP contribution in [-0.4, -0.2) is 35.1 Å². The molecule has 210 valence electrons. The number of hydrogen-bond acceptors (Lipinski definition) is 0. The summed E-state index contributed by atoms with van der Waals surface area (Å²) < 4.78 is 2.55. The second-order valence-electron chi connectivity index (χ2n) is 14.1. The third-order valence-electron chi connectivity index (χ3n) is 11.5. The Hall–Kier alpha value is -3.46. The molecule has 0 saturated carbocycles. The normalized spacial score (nSPS) is 20.4. The molecule has 4 aliphatic heterocycles. The molecule has 0 N–H and O–H groups in total. The summed E-state index contributed by atoms with van der Waals surface area (Å²) in [6.45, 7) is 10.2. The monoisotopic (exact) mass is 550 g/mol. The molecule has 4 aliphatic rings. The van der Waals surface area contributed by atoms with Gasteiger partial charge in [-0.1, -0.05) is 72.8 Å². The Kier molecular flexibility index (Phi) is 5.69. The van der Waals surface area contributed by atoms with E-state index in [4.69, 9.17) is 0 Å². The van der Waals surface area contributed by atoms with Crippen LogP contribution < -0.4 is 0 Å². The Balaban J connectivity index is 1.17. The van der Waals surface area contributed by atoms with Crippen molar-refractivity contribution >= 4 is 21.5 Å². The van der Waals surface area contributed by atoms with Crippen LogP contribution in [0.4, 0.5) is 0 Å². The lowest BCUT2D eigenvalue weighted by Gasteiger charge is -2.37. The molecule has 2 nitrogen and oxygen atoms in total. The van der Waals surface area contributed by atoms with Crippen molar-refractivity contribution in [1.82, 2.24) is 0 Å². The van der Waals surface area contributed by atoms with Crippen LogP contribution in [0.5, 0.6) is 0 Å². The first-order chi connectivity index (χ1) is 20.7. The van der Waals surface area contributed by atoms with E-state index in [1.807, 2.05) is 0 Å².